The zero-order valence-corrected chi connectivity index (χ0v) is 17.1. The third-order valence-corrected chi connectivity index (χ3v) is 4.39. The Hall–Kier alpha value is -3.54. The molecule has 0 aliphatic heterocycles. The first-order chi connectivity index (χ1) is 13.9. The Balaban J connectivity index is 1.69. The topological polar surface area (TPSA) is 65.4 Å². The zero-order chi connectivity index (χ0) is 20.8. The van der Waals surface area contributed by atoms with Crippen LogP contribution in [0.4, 0.5) is 5.69 Å². The van der Waals surface area contributed by atoms with Crippen LogP contribution in [0.3, 0.4) is 0 Å². The molecule has 0 saturated heterocycles. The highest BCUT2D eigenvalue weighted by Crippen LogP contribution is 2.23. The molecule has 0 bridgehead atoms. The lowest BCUT2D eigenvalue weighted by atomic mass is 10.1. The van der Waals surface area contributed by atoms with E-state index in [0.717, 1.165) is 33.9 Å². The van der Waals surface area contributed by atoms with Crippen LogP contribution in [-0.2, 0) is 18.4 Å². The van der Waals surface area contributed by atoms with Crippen molar-refractivity contribution in [2.45, 2.75) is 20.5 Å². The van der Waals surface area contributed by atoms with Crippen LogP contribution in [0.1, 0.15) is 22.4 Å². The fourth-order valence-corrected chi connectivity index (χ4v) is 2.95. The number of aromatic nitrogens is 2. The first kappa shape index (κ1) is 20.2. The lowest BCUT2D eigenvalue weighted by Crippen LogP contribution is -2.08. The Morgan fingerprint density at radius 1 is 1.21 bits per heavy atom. The minimum absolute atomic E-state index is 0.213. The van der Waals surface area contributed by atoms with Gasteiger partial charge in [0, 0.05) is 24.9 Å². The number of carbonyl (C=O) groups excluding carboxylic acids is 1. The van der Waals surface area contributed by atoms with E-state index in [-0.39, 0.29) is 5.91 Å². The fourth-order valence-electron chi connectivity index (χ4n) is 2.95. The van der Waals surface area contributed by atoms with Gasteiger partial charge in [-0.05, 0) is 55.3 Å². The number of methoxy groups -OCH3 is 1. The predicted molar refractivity (Wildman–Crippen MR) is 114 cm³/mol. The third kappa shape index (κ3) is 5.48. The van der Waals surface area contributed by atoms with Gasteiger partial charge in [0.25, 0.3) is 0 Å². The minimum Gasteiger partial charge on any atom is -0.496 e. The summed E-state index contributed by atoms with van der Waals surface area (Å²) in [7, 11) is 3.45. The predicted octanol–water partition coefficient (Wildman–Crippen LogP) is 4.28. The summed E-state index contributed by atoms with van der Waals surface area (Å²) in [5, 5.41) is 7.05. The summed E-state index contributed by atoms with van der Waals surface area (Å²) in [5.74, 6) is 1.33. The summed E-state index contributed by atoms with van der Waals surface area (Å²) >= 11 is 0. The molecule has 0 aliphatic carbocycles. The van der Waals surface area contributed by atoms with E-state index in [9.17, 15) is 4.79 Å². The van der Waals surface area contributed by atoms with E-state index in [0.29, 0.717) is 12.3 Å². The monoisotopic (exact) mass is 391 g/mol. The Morgan fingerprint density at radius 2 is 2.03 bits per heavy atom. The molecule has 2 aromatic carbocycles. The number of aryl methyl sites for hydroxylation is 3. The molecule has 0 saturated carbocycles. The Bertz CT molecular complexity index is 1040. The molecule has 0 radical (unpaired) electrons. The highest BCUT2D eigenvalue weighted by atomic mass is 16.5. The van der Waals surface area contributed by atoms with Crippen LogP contribution < -0.4 is 14.8 Å². The molecule has 6 nitrogen and oxygen atoms in total. The number of rotatable bonds is 7. The molecular weight excluding hydrogens is 366 g/mol. The number of hydrogen-bond acceptors (Lipinski definition) is 4. The van der Waals surface area contributed by atoms with Gasteiger partial charge in [-0.15, -0.1) is 0 Å². The standard InChI is InChI=1S/C23H25N3O3/c1-16-6-5-7-20(12-16)29-15-19-13-18(8-10-22(19)28-4)9-11-23(27)24-21-14-26(3)25-17(21)2/h5-14H,15H2,1-4H3,(H,24,27)/b11-9+. The summed E-state index contributed by atoms with van der Waals surface area (Å²) in [5.41, 5.74) is 4.39. The molecule has 0 atom stereocenters. The van der Waals surface area contributed by atoms with Crippen LogP contribution in [0.15, 0.2) is 54.7 Å². The summed E-state index contributed by atoms with van der Waals surface area (Å²) in [6, 6.07) is 13.6. The highest BCUT2D eigenvalue weighted by molar-refractivity contribution is 6.02. The first-order valence-corrected chi connectivity index (χ1v) is 9.30. The molecule has 3 rings (SSSR count). The van der Waals surface area contributed by atoms with Gasteiger partial charge in [0.05, 0.1) is 18.5 Å². The maximum absolute atomic E-state index is 12.2. The van der Waals surface area contributed by atoms with Crippen LogP contribution in [0.2, 0.25) is 0 Å². The van der Waals surface area contributed by atoms with E-state index in [1.54, 1.807) is 24.1 Å². The van der Waals surface area contributed by atoms with Crippen molar-refractivity contribution < 1.29 is 14.3 Å². The van der Waals surface area contributed by atoms with E-state index < -0.39 is 0 Å². The molecular formula is C23H25N3O3. The van der Waals surface area contributed by atoms with E-state index in [4.69, 9.17) is 9.47 Å². The van der Waals surface area contributed by atoms with Crippen molar-refractivity contribution in [3.8, 4) is 11.5 Å². The van der Waals surface area contributed by atoms with E-state index in [1.165, 1.54) is 6.08 Å². The molecule has 0 spiro atoms. The molecule has 0 fully saturated rings. The van der Waals surface area contributed by atoms with Crippen molar-refractivity contribution in [1.29, 1.82) is 0 Å². The van der Waals surface area contributed by atoms with Gasteiger partial charge in [-0.25, -0.2) is 0 Å². The highest BCUT2D eigenvalue weighted by Gasteiger charge is 2.07. The number of nitrogens with zero attached hydrogens (tertiary/aromatic N) is 2. The summed E-state index contributed by atoms with van der Waals surface area (Å²) in [6.45, 7) is 4.25. The Kier molecular flexibility index (Phi) is 6.34. The number of benzene rings is 2. The minimum atomic E-state index is -0.213. The van der Waals surface area contributed by atoms with Gasteiger partial charge in [-0.3, -0.25) is 9.48 Å². The van der Waals surface area contributed by atoms with Gasteiger partial charge < -0.3 is 14.8 Å². The Labute approximate surface area is 170 Å². The van der Waals surface area contributed by atoms with Crippen LogP contribution >= 0.6 is 0 Å². The number of hydrogen-bond donors (Lipinski definition) is 1. The smallest absolute Gasteiger partial charge is 0.248 e. The number of carbonyl (C=O) groups is 1. The first-order valence-electron chi connectivity index (χ1n) is 9.30. The van der Waals surface area contributed by atoms with Crippen LogP contribution in [0.25, 0.3) is 6.08 Å². The number of ether oxygens (including phenoxy) is 2. The van der Waals surface area contributed by atoms with Crippen molar-refractivity contribution in [1.82, 2.24) is 9.78 Å². The van der Waals surface area contributed by atoms with Crippen molar-refractivity contribution in [2.75, 3.05) is 12.4 Å². The second-order valence-electron chi connectivity index (χ2n) is 6.80. The summed E-state index contributed by atoms with van der Waals surface area (Å²) < 4.78 is 13.0. The second-order valence-corrected chi connectivity index (χ2v) is 6.80. The molecule has 3 aromatic rings. The number of anilines is 1. The summed E-state index contributed by atoms with van der Waals surface area (Å²) in [6.07, 6.45) is 5.03. The molecule has 1 aromatic heterocycles. The van der Waals surface area contributed by atoms with E-state index in [2.05, 4.69) is 10.4 Å². The van der Waals surface area contributed by atoms with Gasteiger partial charge in [0.15, 0.2) is 0 Å². The van der Waals surface area contributed by atoms with Gasteiger partial charge in [0.2, 0.25) is 5.91 Å². The van der Waals surface area contributed by atoms with Gasteiger partial charge in [-0.1, -0.05) is 18.2 Å². The maximum atomic E-state index is 12.2. The fraction of sp³-hybridized carbons (Fsp3) is 0.217. The van der Waals surface area contributed by atoms with E-state index in [1.807, 2.05) is 63.4 Å². The molecule has 6 heteroatoms. The number of amides is 1. The zero-order valence-electron chi connectivity index (χ0n) is 17.1. The molecule has 150 valence electrons. The molecule has 1 amide bonds. The molecule has 1 heterocycles. The maximum Gasteiger partial charge on any atom is 0.248 e. The average Bonchev–Trinajstić information content (AvgIpc) is 3.01. The quantitative estimate of drug-likeness (QED) is 0.611. The largest absolute Gasteiger partial charge is 0.496 e. The molecule has 0 unspecified atom stereocenters. The van der Waals surface area contributed by atoms with Crippen LogP contribution in [0.5, 0.6) is 11.5 Å². The van der Waals surface area contributed by atoms with Crippen molar-refractivity contribution in [2.24, 2.45) is 7.05 Å². The SMILES string of the molecule is COc1ccc(/C=C/C(=O)Nc2cn(C)nc2C)cc1COc1cccc(C)c1. The lowest BCUT2D eigenvalue weighted by Gasteiger charge is -2.11. The van der Waals surface area contributed by atoms with E-state index >= 15 is 0 Å². The normalized spacial score (nSPS) is 10.9. The third-order valence-electron chi connectivity index (χ3n) is 4.39. The van der Waals surface area contributed by atoms with Gasteiger partial charge >= 0.3 is 0 Å². The van der Waals surface area contributed by atoms with Crippen molar-refractivity contribution in [3.63, 3.8) is 0 Å². The van der Waals surface area contributed by atoms with Crippen LogP contribution in [-0.4, -0.2) is 22.8 Å². The lowest BCUT2D eigenvalue weighted by molar-refractivity contribution is -0.111. The molecule has 0 aliphatic rings. The second kappa shape index (κ2) is 9.10. The molecule has 29 heavy (non-hydrogen) atoms. The Morgan fingerprint density at radius 3 is 2.72 bits per heavy atom. The van der Waals surface area contributed by atoms with Crippen molar-refractivity contribution in [3.05, 3.63) is 77.1 Å². The molecule has 1 N–H and O–H groups in total. The van der Waals surface area contributed by atoms with Gasteiger partial charge in [-0.2, -0.15) is 5.10 Å². The summed E-state index contributed by atoms with van der Waals surface area (Å²) in [4.78, 5) is 12.2. The van der Waals surface area contributed by atoms with Crippen LogP contribution in [0, 0.1) is 13.8 Å². The van der Waals surface area contributed by atoms with Crippen molar-refractivity contribution >= 4 is 17.7 Å². The van der Waals surface area contributed by atoms with Gasteiger partial charge in [0.1, 0.15) is 18.1 Å². The number of nitrogens with one attached hydrogen (secondary N) is 1. The average molecular weight is 391 g/mol.